The van der Waals surface area contributed by atoms with E-state index in [4.69, 9.17) is 0 Å². The van der Waals surface area contributed by atoms with Crippen LogP contribution in [0.15, 0.2) is 36.7 Å². The van der Waals surface area contributed by atoms with Crippen molar-refractivity contribution in [2.45, 2.75) is 57.3 Å². The lowest BCUT2D eigenvalue weighted by Gasteiger charge is -2.33. The van der Waals surface area contributed by atoms with Crippen LogP contribution in [-0.4, -0.2) is 47.7 Å². The molecule has 4 aromatic rings. The number of nitrogens with one attached hydrogen (secondary N) is 2. The Morgan fingerprint density at radius 3 is 2.62 bits per heavy atom. The summed E-state index contributed by atoms with van der Waals surface area (Å²) in [5, 5.41) is 28.7. The summed E-state index contributed by atoms with van der Waals surface area (Å²) in [5.41, 5.74) is 1.83. The van der Waals surface area contributed by atoms with Crippen molar-refractivity contribution in [1.29, 1.82) is 0 Å². The molecule has 0 saturated heterocycles. The molecule has 0 aliphatic heterocycles. The average molecular weight is 514 g/mol. The number of aromatic amines is 1. The smallest absolute Gasteiger partial charge is 0.395 e. The van der Waals surface area contributed by atoms with Crippen molar-refractivity contribution in [1.82, 2.24) is 35.3 Å². The summed E-state index contributed by atoms with van der Waals surface area (Å²) in [5.74, 6) is 1.35. The Bertz CT molecular complexity index is 1390. The minimum Gasteiger partial charge on any atom is -0.395 e. The first kappa shape index (κ1) is 25.3. The van der Waals surface area contributed by atoms with Crippen molar-refractivity contribution in [3.8, 4) is 11.3 Å². The van der Waals surface area contributed by atoms with Crippen molar-refractivity contribution in [3.63, 3.8) is 0 Å². The maximum atomic E-state index is 13.9. The Kier molecular flexibility index (Phi) is 6.76. The van der Waals surface area contributed by atoms with Crippen molar-refractivity contribution < 1.29 is 18.3 Å². The number of aliphatic hydroxyl groups is 1. The molecule has 1 aliphatic carbocycles. The van der Waals surface area contributed by atoms with Crippen LogP contribution in [0.4, 0.5) is 13.2 Å². The molecule has 1 aromatic carbocycles. The number of pyridine rings is 1. The first-order valence-corrected chi connectivity index (χ1v) is 12.4. The van der Waals surface area contributed by atoms with Gasteiger partial charge in [-0.15, -0.1) is 10.2 Å². The number of benzene rings is 1. The summed E-state index contributed by atoms with van der Waals surface area (Å²) < 4.78 is 43.5. The zero-order chi connectivity index (χ0) is 26.3. The molecule has 3 aromatic heterocycles. The minimum absolute atomic E-state index is 0.0403. The lowest BCUT2D eigenvalue weighted by Crippen LogP contribution is -2.32. The zero-order valence-electron chi connectivity index (χ0n) is 20.9. The largest absolute Gasteiger partial charge is 0.433 e. The van der Waals surface area contributed by atoms with Crippen LogP contribution in [0.1, 0.15) is 67.8 Å². The highest BCUT2D eigenvalue weighted by molar-refractivity contribution is 5.94. The average Bonchev–Trinajstić information content (AvgIpc) is 3.46. The van der Waals surface area contributed by atoms with Crippen LogP contribution in [0.25, 0.3) is 22.2 Å². The molecule has 5 rings (SSSR count). The highest BCUT2D eigenvalue weighted by Crippen LogP contribution is 2.43. The van der Waals surface area contributed by atoms with Crippen LogP contribution in [0.3, 0.4) is 0 Å². The second-order valence-corrected chi connectivity index (χ2v) is 9.95. The first-order chi connectivity index (χ1) is 17.7. The van der Waals surface area contributed by atoms with Crippen molar-refractivity contribution in [2.24, 2.45) is 13.0 Å². The quantitative estimate of drug-likeness (QED) is 0.315. The number of aryl methyl sites for hydroxylation is 1. The predicted octanol–water partition coefficient (Wildman–Crippen LogP) is 4.74. The summed E-state index contributed by atoms with van der Waals surface area (Å²) in [7, 11) is 1.92. The number of aromatic nitrogens is 6. The monoisotopic (exact) mass is 513 g/mol. The van der Waals surface area contributed by atoms with Crippen LogP contribution in [-0.2, 0) is 13.2 Å². The van der Waals surface area contributed by atoms with Gasteiger partial charge in [0.05, 0.1) is 17.8 Å². The maximum absolute atomic E-state index is 13.9. The standard InChI is InChI=1S/C26H30F3N7O/c1-14(12-37)31-15(2)22-24-19(11-20(32-22)26(27,28)29)23(33-34-24)18-9-5-8-17(10-18)21(16-6-4-7-16)25-35-30-13-36(25)3/h5,8-11,13-16,21,31,37H,4,6-7,12H2,1-3H3,(H,33,34)/t14-,15-,21+/m0/s1. The highest BCUT2D eigenvalue weighted by Gasteiger charge is 2.36. The summed E-state index contributed by atoms with van der Waals surface area (Å²) in [4.78, 5) is 3.94. The third-order valence-corrected chi connectivity index (χ3v) is 7.26. The van der Waals surface area contributed by atoms with Gasteiger partial charge in [0.15, 0.2) is 0 Å². The van der Waals surface area contributed by atoms with Gasteiger partial charge in [-0.3, -0.25) is 5.10 Å². The van der Waals surface area contributed by atoms with Gasteiger partial charge in [-0.1, -0.05) is 24.6 Å². The normalized spacial score (nSPS) is 17.1. The number of aliphatic hydroxyl groups excluding tert-OH is 1. The summed E-state index contributed by atoms with van der Waals surface area (Å²) in [6, 6.07) is 7.99. The molecule has 3 N–H and O–H groups in total. The molecule has 8 nitrogen and oxygen atoms in total. The third kappa shape index (κ3) is 4.85. The number of halogens is 3. The Balaban J connectivity index is 1.62. The van der Waals surface area contributed by atoms with E-state index in [1.807, 2.05) is 35.9 Å². The molecule has 3 atom stereocenters. The van der Waals surface area contributed by atoms with E-state index in [0.29, 0.717) is 28.1 Å². The van der Waals surface area contributed by atoms with Gasteiger partial charge in [0.25, 0.3) is 0 Å². The molecular weight excluding hydrogens is 483 g/mol. The van der Waals surface area contributed by atoms with E-state index >= 15 is 0 Å². The SMILES string of the molecule is C[C@H](N[C@@H](C)CO)c1nc(C(F)(F)F)cc2c(-c3cccc([C@H](c4nncn4C)C4CCC4)c3)n[nH]c12. The lowest BCUT2D eigenvalue weighted by atomic mass is 9.72. The zero-order valence-corrected chi connectivity index (χ0v) is 20.9. The van der Waals surface area contributed by atoms with Crippen LogP contribution in [0, 0.1) is 5.92 Å². The van der Waals surface area contributed by atoms with Crippen molar-refractivity contribution >= 4 is 10.9 Å². The van der Waals surface area contributed by atoms with Gasteiger partial charge in [-0.25, -0.2) is 4.98 Å². The topological polar surface area (TPSA) is 105 Å². The predicted molar refractivity (Wildman–Crippen MR) is 133 cm³/mol. The van der Waals surface area contributed by atoms with Crippen LogP contribution >= 0.6 is 0 Å². The van der Waals surface area contributed by atoms with Gasteiger partial charge in [-0.05, 0) is 50.3 Å². The lowest BCUT2D eigenvalue weighted by molar-refractivity contribution is -0.141. The molecule has 1 saturated carbocycles. The molecular formula is C26H30F3N7O. The number of nitrogens with zero attached hydrogens (tertiary/aromatic N) is 5. The molecule has 37 heavy (non-hydrogen) atoms. The summed E-state index contributed by atoms with van der Waals surface area (Å²) >= 11 is 0. The third-order valence-electron chi connectivity index (χ3n) is 7.26. The number of alkyl halides is 3. The molecule has 196 valence electrons. The van der Waals surface area contributed by atoms with E-state index in [1.165, 1.54) is 6.42 Å². The van der Waals surface area contributed by atoms with Crippen molar-refractivity contribution in [3.05, 3.63) is 59.4 Å². The van der Waals surface area contributed by atoms with Crippen LogP contribution in [0.5, 0.6) is 0 Å². The van der Waals surface area contributed by atoms with E-state index < -0.39 is 17.9 Å². The van der Waals surface area contributed by atoms with Gasteiger partial charge in [0.1, 0.15) is 23.5 Å². The van der Waals surface area contributed by atoms with Crippen LogP contribution < -0.4 is 5.32 Å². The molecule has 11 heteroatoms. The fourth-order valence-corrected chi connectivity index (χ4v) is 5.14. The number of hydrogen-bond acceptors (Lipinski definition) is 6. The fourth-order valence-electron chi connectivity index (χ4n) is 5.14. The second-order valence-electron chi connectivity index (χ2n) is 9.95. The van der Waals surface area contributed by atoms with E-state index in [1.54, 1.807) is 20.2 Å². The molecule has 0 spiro atoms. The Morgan fingerprint density at radius 2 is 2.00 bits per heavy atom. The summed E-state index contributed by atoms with van der Waals surface area (Å²) in [6.07, 6.45) is 0.413. The summed E-state index contributed by atoms with van der Waals surface area (Å²) in [6.45, 7) is 3.32. The van der Waals surface area contributed by atoms with Gasteiger partial charge < -0.3 is 15.0 Å². The van der Waals surface area contributed by atoms with E-state index in [0.717, 1.165) is 30.3 Å². The number of fused-ring (bicyclic) bond motifs is 1. The molecule has 1 aliphatic rings. The molecule has 0 amide bonds. The van der Waals surface area contributed by atoms with Gasteiger partial charge in [0, 0.05) is 36.0 Å². The highest BCUT2D eigenvalue weighted by atomic mass is 19.4. The Morgan fingerprint density at radius 1 is 1.22 bits per heavy atom. The minimum atomic E-state index is -4.62. The number of hydrogen-bond donors (Lipinski definition) is 3. The molecule has 0 radical (unpaired) electrons. The first-order valence-electron chi connectivity index (χ1n) is 12.4. The molecule has 0 unspecified atom stereocenters. The van der Waals surface area contributed by atoms with Gasteiger partial charge in [0.2, 0.25) is 0 Å². The van der Waals surface area contributed by atoms with Gasteiger partial charge >= 0.3 is 6.18 Å². The second kappa shape index (κ2) is 9.86. The number of H-pyrrole nitrogens is 1. The van der Waals surface area contributed by atoms with Crippen LogP contribution in [0.2, 0.25) is 0 Å². The molecule has 0 bridgehead atoms. The Hall–Kier alpha value is -3.31. The van der Waals surface area contributed by atoms with Gasteiger partial charge in [-0.2, -0.15) is 18.3 Å². The van der Waals surface area contributed by atoms with E-state index in [-0.39, 0.29) is 24.3 Å². The fraction of sp³-hybridized carbons (Fsp3) is 0.462. The number of rotatable bonds is 8. The molecule has 1 fully saturated rings. The molecule has 3 heterocycles. The maximum Gasteiger partial charge on any atom is 0.433 e. The van der Waals surface area contributed by atoms with Crippen molar-refractivity contribution in [2.75, 3.05) is 6.61 Å². The van der Waals surface area contributed by atoms with E-state index in [9.17, 15) is 18.3 Å². The van der Waals surface area contributed by atoms with E-state index in [2.05, 4.69) is 30.7 Å². The Labute approximate surface area is 212 Å².